The molecule has 14 heavy (non-hydrogen) atoms. The van der Waals surface area contributed by atoms with Gasteiger partial charge in [0, 0.05) is 6.04 Å². The van der Waals surface area contributed by atoms with Gasteiger partial charge in [0.25, 0.3) is 0 Å². The lowest BCUT2D eigenvalue weighted by Gasteiger charge is -2.25. The maximum Gasteiger partial charge on any atom is 0.377 e. The SMILES string of the molecule is CC(C)C[C@H](N)[C@H](O)C(F)(F)C(=O)O. The van der Waals surface area contributed by atoms with Gasteiger partial charge in [0.15, 0.2) is 0 Å². The molecular formula is C8H15F2NO3. The highest BCUT2D eigenvalue weighted by Crippen LogP contribution is 2.23. The van der Waals surface area contributed by atoms with E-state index in [0.717, 1.165) is 0 Å². The number of hydrogen-bond donors (Lipinski definition) is 3. The van der Waals surface area contributed by atoms with Crippen molar-refractivity contribution < 1.29 is 23.8 Å². The van der Waals surface area contributed by atoms with Crippen molar-refractivity contribution in [2.75, 3.05) is 0 Å². The number of nitrogens with two attached hydrogens (primary N) is 1. The number of aliphatic carboxylic acids is 1. The highest BCUT2D eigenvalue weighted by Gasteiger charge is 2.49. The number of carboxylic acid groups (broad SMARTS) is 1. The van der Waals surface area contributed by atoms with Crippen LogP contribution in [0.1, 0.15) is 20.3 Å². The predicted molar refractivity (Wildman–Crippen MR) is 46.0 cm³/mol. The van der Waals surface area contributed by atoms with Crippen LogP contribution in [0.25, 0.3) is 0 Å². The lowest BCUT2D eigenvalue weighted by molar-refractivity contribution is -0.184. The normalized spacial score (nSPS) is 16.8. The number of halogens is 2. The first-order valence-corrected chi connectivity index (χ1v) is 4.24. The van der Waals surface area contributed by atoms with Gasteiger partial charge in [-0.2, -0.15) is 8.78 Å². The molecule has 2 atom stereocenters. The molecule has 0 fully saturated rings. The quantitative estimate of drug-likeness (QED) is 0.616. The Labute approximate surface area is 80.7 Å². The molecule has 0 aliphatic rings. The molecule has 0 rings (SSSR count). The molecule has 0 aliphatic heterocycles. The van der Waals surface area contributed by atoms with E-state index < -0.39 is 24.0 Å². The van der Waals surface area contributed by atoms with Crippen molar-refractivity contribution in [3.63, 3.8) is 0 Å². The third-order valence-electron chi connectivity index (χ3n) is 1.81. The average molecular weight is 211 g/mol. The molecule has 0 aromatic rings. The summed E-state index contributed by atoms with van der Waals surface area (Å²) in [6.07, 6.45) is -2.20. The molecule has 0 saturated heterocycles. The fourth-order valence-corrected chi connectivity index (χ4v) is 1.07. The molecular weight excluding hydrogens is 196 g/mol. The second-order valence-electron chi connectivity index (χ2n) is 3.67. The van der Waals surface area contributed by atoms with Crippen molar-refractivity contribution in [1.82, 2.24) is 0 Å². The summed E-state index contributed by atoms with van der Waals surface area (Å²) in [4.78, 5) is 10.1. The van der Waals surface area contributed by atoms with E-state index in [9.17, 15) is 13.6 Å². The summed E-state index contributed by atoms with van der Waals surface area (Å²) in [5, 5.41) is 17.1. The second-order valence-corrected chi connectivity index (χ2v) is 3.67. The standard InChI is InChI=1S/C8H15F2NO3/c1-4(2)3-5(11)6(12)8(9,10)7(13)14/h4-6,12H,3,11H2,1-2H3,(H,13,14)/t5-,6-/m0/s1. The molecule has 84 valence electrons. The van der Waals surface area contributed by atoms with Crippen molar-refractivity contribution in [3.8, 4) is 0 Å². The number of carbonyl (C=O) groups is 1. The Balaban J connectivity index is 4.44. The zero-order valence-electron chi connectivity index (χ0n) is 8.08. The van der Waals surface area contributed by atoms with Crippen LogP contribution in [-0.2, 0) is 4.79 Å². The molecule has 0 aromatic carbocycles. The minimum atomic E-state index is -4.19. The van der Waals surface area contributed by atoms with E-state index in [4.69, 9.17) is 15.9 Å². The van der Waals surface area contributed by atoms with E-state index in [1.54, 1.807) is 13.8 Å². The van der Waals surface area contributed by atoms with Crippen LogP contribution in [0.4, 0.5) is 8.78 Å². The maximum atomic E-state index is 12.7. The minimum Gasteiger partial charge on any atom is -0.477 e. The first-order chi connectivity index (χ1) is 6.19. The summed E-state index contributed by atoms with van der Waals surface area (Å²) >= 11 is 0. The van der Waals surface area contributed by atoms with Crippen molar-refractivity contribution in [1.29, 1.82) is 0 Å². The molecule has 4 N–H and O–H groups in total. The van der Waals surface area contributed by atoms with Crippen LogP contribution >= 0.6 is 0 Å². The van der Waals surface area contributed by atoms with Crippen LogP contribution in [0.3, 0.4) is 0 Å². The number of hydrogen-bond acceptors (Lipinski definition) is 3. The van der Waals surface area contributed by atoms with Crippen molar-refractivity contribution in [2.45, 2.75) is 38.3 Å². The molecule has 0 aliphatic carbocycles. The zero-order chi connectivity index (χ0) is 11.5. The van der Waals surface area contributed by atoms with Gasteiger partial charge in [0.1, 0.15) is 6.10 Å². The summed E-state index contributed by atoms with van der Waals surface area (Å²) in [7, 11) is 0. The van der Waals surface area contributed by atoms with E-state index >= 15 is 0 Å². The molecule has 6 heteroatoms. The van der Waals surface area contributed by atoms with Gasteiger partial charge < -0.3 is 15.9 Å². The molecule has 4 nitrogen and oxygen atoms in total. The average Bonchev–Trinajstić information content (AvgIpc) is 2.01. The van der Waals surface area contributed by atoms with E-state index in [2.05, 4.69) is 0 Å². The molecule has 0 bridgehead atoms. The lowest BCUT2D eigenvalue weighted by Crippen LogP contribution is -2.51. The summed E-state index contributed by atoms with van der Waals surface area (Å²) < 4.78 is 25.4. The summed E-state index contributed by atoms with van der Waals surface area (Å²) in [5.74, 6) is -6.53. The third-order valence-corrected chi connectivity index (χ3v) is 1.81. The Kier molecular flexibility index (Phi) is 4.41. The first kappa shape index (κ1) is 13.2. The van der Waals surface area contributed by atoms with Crippen LogP contribution in [-0.4, -0.2) is 34.3 Å². The maximum absolute atomic E-state index is 12.7. The van der Waals surface area contributed by atoms with Gasteiger partial charge in [-0.1, -0.05) is 13.8 Å². The minimum absolute atomic E-state index is 0.0178. The molecule has 0 amide bonds. The summed E-state index contributed by atoms with van der Waals surface area (Å²) in [6, 6.07) is -1.24. The molecule has 0 aromatic heterocycles. The summed E-state index contributed by atoms with van der Waals surface area (Å²) in [5.41, 5.74) is 5.25. The number of aliphatic hydroxyl groups excluding tert-OH is 1. The highest BCUT2D eigenvalue weighted by molar-refractivity contribution is 5.76. The molecule has 0 saturated carbocycles. The highest BCUT2D eigenvalue weighted by atomic mass is 19.3. The Morgan fingerprint density at radius 3 is 2.21 bits per heavy atom. The van der Waals surface area contributed by atoms with Crippen LogP contribution in [0.5, 0.6) is 0 Å². The molecule has 0 heterocycles. The monoisotopic (exact) mass is 211 g/mol. The topological polar surface area (TPSA) is 83.5 Å². The molecule has 0 unspecified atom stereocenters. The van der Waals surface area contributed by atoms with Gasteiger partial charge in [-0.15, -0.1) is 0 Å². The second kappa shape index (κ2) is 4.65. The fourth-order valence-electron chi connectivity index (χ4n) is 1.07. The Hall–Kier alpha value is -0.750. The van der Waals surface area contributed by atoms with Gasteiger partial charge in [-0.3, -0.25) is 0 Å². The third kappa shape index (κ3) is 3.19. The van der Waals surface area contributed by atoms with Gasteiger partial charge in [-0.25, -0.2) is 4.79 Å². The van der Waals surface area contributed by atoms with E-state index in [1.165, 1.54) is 0 Å². The molecule has 0 spiro atoms. The van der Waals surface area contributed by atoms with Gasteiger partial charge >= 0.3 is 11.9 Å². The largest absolute Gasteiger partial charge is 0.477 e. The van der Waals surface area contributed by atoms with Gasteiger partial charge in [-0.05, 0) is 12.3 Å². The van der Waals surface area contributed by atoms with Gasteiger partial charge in [0.05, 0.1) is 0 Å². The van der Waals surface area contributed by atoms with Crippen LogP contribution in [0.15, 0.2) is 0 Å². The van der Waals surface area contributed by atoms with Crippen molar-refractivity contribution >= 4 is 5.97 Å². The Bertz CT molecular complexity index is 209. The molecule has 0 radical (unpaired) electrons. The number of carboxylic acids is 1. The summed E-state index contributed by atoms with van der Waals surface area (Å²) in [6.45, 7) is 3.48. The Morgan fingerprint density at radius 1 is 1.50 bits per heavy atom. The van der Waals surface area contributed by atoms with Crippen LogP contribution < -0.4 is 5.73 Å². The number of rotatable bonds is 5. The zero-order valence-corrected chi connectivity index (χ0v) is 8.08. The number of alkyl halides is 2. The van der Waals surface area contributed by atoms with E-state index in [-0.39, 0.29) is 12.3 Å². The lowest BCUT2D eigenvalue weighted by atomic mass is 9.96. The predicted octanol–water partition coefficient (Wildman–Crippen LogP) is 0.441. The van der Waals surface area contributed by atoms with E-state index in [1.807, 2.05) is 0 Å². The van der Waals surface area contributed by atoms with Crippen molar-refractivity contribution in [2.24, 2.45) is 11.7 Å². The van der Waals surface area contributed by atoms with Crippen LogP contribution in [0, 0.1) is 5.92 Å². The van der Waals surface area contributed by atoms with E-state index in [0.29, 0.717) is 0 Å². The Morgan fingerprint density at radius 2 is 1.93 bits per heavy atom. The van der Waals surface area contributed by atoms with Crippen LogP contribution in [0.2, 0.25) is 0 Å². The van der Waals surface area contributed by atoms with Crippen molar-refractivity contribution in [3.05, 3.63) is 0 Å². The number of aliphatic hydroxyl groups is 1. The fraction of sp³-hybridized carbons (Fsp3) is 0.875. The van der Waals surface area contributed by atoms with Gasteiger partial charge in [0.2, 0.25) is 0 Å². The first-order valence-electron chi connectivity index (χ1n) is 4.24. The smallest absolute Gasteiger partial charge is 0.377 e.